The van der Waals surface area contributed by atoms with E-state index in [2.05, 4.69) is 20.7 Å². The summed E-state index contributed by atoms with van der Waals surface area (Å²) in [6.07, 6.45) is 3.43. The van der Waals surface area contributed by atoms with Crippen LogP contribution >= 0.6 is 0 Å². The highest BCUT2D eigenvalue weighted by molar-refractivity contribution is 5.75. The zero-order valence-corrected chi connectivity index (χ0v) is 14.7. The van der Waals surface area contributed by atoms with Gasteiger partial charge >= 0.3 is 12.1 Å². The molecule has 1 fully saturated rings. The van der Waals surface area contributed by atoms with Crippen LogP contribution in [0.4, 0.5) is 9.59 Å². The second kappa shape index (κ2) is 7.50. The predicted molar refractivity (Wildman–Crippen MR) is 87.4 cm³/mol. The molecule has 2 N–H and O–H groups in total. The first-order valence-corrected chi connectivity index (χ1v) is 8.10. The number of hydrogen-bond acceptors (Lipinski definition) is 5. The number of amides is 3. The first-order chi connectivity index (χ1) is 11.2. The second-order valence-electron chi connectivity index (χ2n) is 7.05. The highest BCUT2D eigenvalue weighted by Crippen LogP contribution is 2.15. The van der Waals surface area contributed by atoms with Crippen LogP contribution in [-0.4, -0.2) is 62.6 Å². The van der Waals surface area contributed by atoms with Gasteiger partial charge in [-0.1, -0.05) is 0 Å². The van der Waals surface area contributed by atoms with Crippen LogP contribution in [0.1, 0.15) is 34.1 Å². The Balaban J connectivity index is 1.72. The minimum Gasteiger partial charge on any atom is -0.444 e. The third-order valence-electron chi connectivity index (χ3n) is 3.48. The molecule has 0 aromatic carbocycles. The zero-order chi connectivity index (χ0) is 17.7. The maximum Gasteiger partial charge on any atom is 0.410 e. The number of likely N-dealkylation sites (tertiary alicyclic amines) is 1. The average molecular weight is 338 g/mol. The van der Waals surface area contributed by atoms with E-state index >= 15 is 0 Å². The molecule has 2 atom stereocenters. The van der Waals surface area contributed by atoms with Gasteiger partial charge in [0.1, 0.15) is 18.3 Å². The molecule has 0 radical (unpaired) electrons. The smallest absolute Gasteiger partial charge is 0.410 e. The lowest BCUT2D eigenvalue weighted by molar-refractivity contribution is 0.0291. The lowest BCUT2D eigenvalue weighted by Crippen LogP contribution is -2.47. The molecule has 9 nitrogen and oxygen atoms in total. The van der Waals surface area contributed by atoms with Gasteiger partial charge in [0.25, 0.3) is 0 Å². The monoisotopic (exact) mass is 338 g/mol. The van der Waals surface area contributed by atoms with Crippen LogP contribution in [-0.2, 0) is 11.3 Å². The summed E-state index contributed by atoms with van der Waals surface area (Å²) in [6.45, 7) is 8.97. The van der Waals surface area contributed by atoms with E-state index in [9.17, 15) is 9.59 Å². The average Bonchev–Trinajstić information content (AvgIpc) is 3.07. The zero-order valence-electron chi connectivity index (χ0n) is 14.7. The maximum absolute atomic E-state index is 12.0. The SMILES string of the molecule is C[C@@H](Cn1cncn1)NC(=O)N[C@@H]1CCN(C(=O)OC(C)(C)C)C1. The fourth-order valence-corrected chi connectivity index (χ4v) is 2.47. The standard InChI is InChI=1S/C15H26N6O3/c1-11(7-21-10-16-9-17-21)18-13(22)19-12-5-6-20(8-12)14(23)24-15(2,3)4/h9-12H,5-8H2,1-4H3,(H2,18,19,22)/t11-,12+/m0/s1. The van der Waals surface area contributed by atoms with Crippen molar-refractivity contribution in [3.63, 3.8) is 0 Å². The molecular weight excluding hydrogens is 312 g/mol. The van der Waals surface area contributed by atoms with Crippen molar-refractivity contribution in [3.8, 4) is 0 Å². The Bertz CT molecular complexity index is 554. The molecule has 0 bridgehead atoms. The fraction of sp³-hybridized carbons (Fsp3) is 0.733. The third kappa shape index (κ3) is 5.71. The summed E-state index contributed by atoms with van der Waals surface area (Å²) >= 11 is 0. The molecule has 0 spiro atoms. The Morgan fingerprint density at radius 2 is 2.17 bits per heavy atom. The van der Waals surface area contributed by atoms with Crippen LogP contribution < -0.4 is 10.6 Å². The Morgan fingerprint density at radius 3 is 2.79 bits per heavy atom. The summed E-state index contributed by atoms with van der Waals surface area (Å²) in [4.78, 5) is 29.5. The summed E-state index contributed by atoms with van der Waals surface area (Å²) in [7, 11) is 0. The summed E-state index contributed by atoms with van der Waals surface area (Å²) in [5, 5.41) is 9.75. The Labute approximate surface area is 141 Å². The van der Waals surface area contributed by atoms with Crippen molar-refractivity contribution in [2.75, 3.05) is 13.1 Å². The van der Waals surface area contributed by atoms with Gasteiger partial charge in [0.2, 0.25) is 0 Å². The molecule has 0 unspecified atom stereocenters. The van der Waals surface area contributed by atoms with Gasteiger partial charge in [-0.25, -0.2) is 14.6 Å². The second-order valence-corrected chi connectivity index (χ2v) is 7.05. The maximum atomic E-state index is 12.0. The van der Waals surface area contributed by atoms with Crippen LogP contribution in [0, 0.1) is 0 Å². The molecule has 1 aliphatic heterocycles. The fourth-order valence-electron chi connectivity index (χ4n) is 2.47. The first-order valence-electron chi connectivity index (χ1n) is 8.10. The van der Waals surface area contributed by atoms with E-state index in [0.29, 0.717) is 26.1 Å². The number of carbonyl (C=O) groups is 2. The number of urea groups is 1. The lowest BCUT2D eigenvalue weighted by Gasteiger charge is -2.24. The molecule has 24 heavy (non-hydrogen) atoms. The molecule has 1 aromatic rings. The molecule has 1 saturated heterocycles. The van der Waals surface area contributed by atoms with Gasteiger partial charge in [0.15, 0.2) is 0 Å². The highest BCUT2D eigenvalue weighted by Gasteiger charge is 2.30. The topological polar surface area (TPSA) is 101 Å². The van der Waals surface area contributed by atoms with Gasteiger partial charge in [-0.15, -0.1) is 0 Å². The van der Waals surface area contributed by atoms with Crippen LogP contribution in [0.25, 0.3) is 0 Å². The molecular formula is C15H26N6O3. The van der Waals surface area contributed by atoms with Gasteiger partial charge in [0.05, 0.1) is 6.54 Å². The molecule has 2 rings (SSSR count). The number of hydrogen-bond donors (Lipinski definition) is 2. The summed E-state index contributed by atoms with van der Waals surface area (Å²) in [5.74, 6) is 0. The first kappa shape index (κ1) is 18.0. The minimum atomic E-state index is -0.517. The summed E-state index contributed by atoms with van der Waals surface area (Å²) < 4.78 is 7.00. The van der Waals surface area contributed by atoms with Crippen molar-refractivity contribution in [2.45, 2.75) is 58.3 Å². The third-order valence-corrected chi connectivity index (χ3v) is 3.48. The Morgan fingerprint density at radius 1 is 1.42 bits per heavy atom. The number of carbonyl (C=O) groups excluding carboxylic acids is 2. The lowest BCUT2D eigenvalue weighted by atomic mass is 10.2. The van der Waals surface area contributed by atoms with Crippen molar-refractivity contribution < 1.29 is 14.3 Å². The van der Waals surface area contributed by atoms with Crippen LogP contribution in [0.5, 0.6) is 0 Å². The Kier molecular flexibility index (Phi) is 5.63. The number of nitrogens with one attached hydrogen (secondary N) is 2. The number of nitrogens with zero attached hydrogens (tertiary/aromatic N) is 4. The largest absolute Gasteiger partial charge is 0.444 e. The van der Waals surface area contributed by atoms with Crippen molar-refractivity contribution in [2.24, 2.45) is 0 Å². The van der Waals surface area contributed by atoms with Gasteiger partial charge in [-0.2, -0.15) is 5.10 Å². The van der Waals surface area contributed by atoms with E-state index in [0.717, 1.165) is 0 Å². The highest BCUT2D eigenvalue weighted by atomic mass is 16.6. The van der Waals surface area contributed by atoms with Crippen molar-refractivity contribution in [3.05, 3.63) is 12.7 Å². The van der Waals surface area contributed by atoms with Gasteiger partial charge < -0.3 is 20.3 Å². The molecule has 2 heterocycles. The quantitative estimate of drug-likeness (QED) is 0.852. The molecule has 3 amide bonds. The predicted octanol–water partition coefficient (Wildman–Crippen LogP) is 0.975. The van der Waals surface area contributed by atoms with E-state index < -0.39 is 5.60 Å². The Hall–Kier alpha value is -2.32. The molecule has 1 aliphatic rings. The van der Waals surface area contributed by atoms with Gasteiger partial charge in [-0.05, 0) is 34.1 Å². The summed E-state index contributed by atoms with van der Waals surface area (Å²) in [6, 6.07) is -0.412. The molecule has 134 valence electrons. The van der Waals surface area contributed by atoms with E-state index in [1.54, 1.807) is 15.9 Å². The van der Waals surface area contributed by atoms with Crippen LogP contribution in [0.3, 0.4) is 0 Å². The van der Waals surface area contributed by atoms with E-state index in [-0.39, 0.29) is 24.2 Å². The van der Waals surface area contributed by atoms with Crippen LogP contribution in [0.15, 0.2) is 12.7 Å². The minimum absolute atomic E-state index is 0.0731. The normalized spacial score (nSPS) is 19.0. The molecule has 0 saturated carbocycles. The van der Waals surface area contributed by atoms with E-state index in [1.165, 1.54) is 6.33 Å². The van der Waals surface area contributed by atoms with Gasteiger partial charge in [-0.3, -0.25) is 4.68 Å². The van der Waals surface area contributed by atoms with Crippen molar-refractivity contribution in [1.29, 1.82) is 0 Å². The van der Waals surface area contributed by atoms with E-state index in [1.807, 2.05) is 27.7 Å². The summed E-state index contributed by atoms with van der Waals surface area (Å²) in [5.41, 5.74) is -0.517. The molecule has 1 aromatic heterocycles. The van der Waals surface area contributed by atoms with Crippen LogP contribution in [0.2, 0.25) is 0 Å². The number of ether oxygens (including phenoxy) is 1. The van der Waals surface area contributed by atoms with Gasteiger partial charge in [0, 0.05) is 25.2 Å². The molecule has 0 aliphatic carbocycles. The van der Waals surface area contributed by atoms with Crippen molar-refractivity contribution in [1.82, 2.24) is 30.3 Å². The number of rotatable bonds is 4. The molecule has 9 heteroatoms. The van der Waals surface area contributed by atoms with E-state index in [4.69, 9.17) is 4.74 Å². The number of aromatic nitrogens is 3. The van der Waals surface area contributed by atoms with Crippen molar-refractivity contribution >= 4 is 12.1 Å².